The quantitative estimate of drug-likeness (QED) is 0.677. The molecule has 0 radical (unpaired) electrons. The van der Waals surface area contributed by atoms with E-state index in [0.29, 0.717) is 25.1 Å². The van der Waals surface area contributed by atoms with Gasteiger partial charge >= 0.3 is 0 Å². The molecule has 1 aromatic rings. The third-order valence-corrected chi connectivity index (χ3v) is 5.79. The summed E-state index contributed by atoms with van der Waals surface area (Å²) in [7, 11) is 1.61. The van der Waals surface area contributed by atoms with E-state index >= 15 is 0 Å². The van der Waals surface area contributed by atoms with Gasteiger partial charge in [0.2, 0.25) is 5.91 Å². The van der Waals surface area contributed by atoms with Crippen LogP contribution in [0.15, 0.2) is 24.3 Å². The van der Waals surface area contributed by atoms with Crippen LogP contribution in [0.2, 0.25) is 0 Å². The fourth-order valence-corrected chi connectivity index (χ4v) is 4.03. The Labute approximate surface area is 174 Å². The third-order valence-electron chi connectivity index (χ3n) is 5.79. The van der Waals surface area contributed by atoms with Crippen molar-refractivity contribution >= 4 is 11.8 Å². The Bertz CT molecular complexity index is 653. The average molecular weight is 403 g/mol. The highest BCUT2D eigenvalue weighted by Gasteiger charge is 2.21. The first-order chi connectivity index (χ1) is 14.2. The average Bonchev–Trinajstić information content (AvgIpc) is 3.29. The van der Waals surface area contributed by atoms with Gasteiger partial charge in [0.25, 0.3) is 5.91 Å². The second kappa shape index (κ2) is 11.2. The molecule has 2 heterocycles. The molecule has 2 saturated heterocycles. The van der Waals surface area contributed by atoms with E-state index in [-0.39, 0.29) is 11.8 Å². The predicted octanol–water partition coefficient (Wildman–Crippen LogP) is 1.45. The Morgan fingerprint density at radius 3 is 2.38 bits per heavy atom. The Morgan fingerprint density at radius 1 is 1.03 bits per heavy atom. The van der Waals surface area contributed by atoms with Crippen LogP contribution in [0.3, 0.4) is 0 Å². The lowest BCUT2D eigenvalue weighted by Crippen LogP contribution is -2.47. The van der Waals surface area contributed by atoms with E-state index in [2.05, 4.69) is 10.2 Å². The number of rotatable bonds is 9. The molecule has 1 aromatic carbocycles. The lowest BCUT2D eigenvalue weighted by Gasteiger charge is -2.29. The van der Waals surface area contributed by atoms with Crippen LogP contribution >= 0.6 is 0 Å². The number of piperazine rings is 1. The zero-order valence-corrected chi connectivity index (χ0v) is 17.6. The van der Waals surface area contributed by atoms with Crippen molar-refractivity contribution in [1.29, 1.82) is 0 Å². The molecule has 3 rings (SSSR count). The molecule has 0 atom stereocenters. The van der Waals surface area contributed by atoms with Crippen molar-refractivity contribution in [1.82, 2.24) is 20.0 Å². The minimum Gasteiger partial charge on any atom is -0.497 e. The van der Waals surface area contributed by atoms with Crippen LogP contribution in [-0.2, 0) is 4.79 Å². The summed E-state index contributed by atoms with van der Waals surface area (Å²) in [5.41, 5.74) is 0.640. The summed E-state index contributed by atoms with van der Waals surface area (Å²) >= 11 is 0. The van der Waals surface area contributed by atoms with Gasteiger partial charge in [0.15, 0.2) is 0 Å². The highest BCUT2D eigenvalue weighted by molar-refractivity contribution is 5.94. The van der Waals surface area contributed by atoms with E-state index in [1.165, 1.54) is 12.8 Å². The molecule has 1 N–H and O–H groups in total. The summed E-state index contributed by atoms with van der Waals surface area (Å²) in [5.74, 6) is 0.858. The Hall–Kier alpha value is -2.12. The topological polar surface area (TPSA) is 65.1 Å². The molecule has 0 unspecified atom stereocenters. The molecule has 0 spiro atoms. The van der Waals surface area contributed by atoms with Crippen LogP contribution in [0.4, 0.5) is 0 Å². The zero-order valence-electron chi connectivity index (χ0n) is 17.6. The maximum atomic E-state index is 13.1. The number of amides is 2. The summed E-state index contributed by atoms with van der Waals surface area (Å²) < 4.78 is 5.19. The first-order valence-corrected chi connectivity index (χ1v) is 10.8. The van der Waals surface area contributed by atoms with Crippen molar-refractivity contribution in [3.8, 4) is 5.75 Å². The number of carbonyl (C=O) groups is 2. The fourth-order valence-electron chi connectivity index (χ4n) is 4.03. The third kappa shape index (κ3) is 6.44. The maximum Gasteiger partial charge on any atom is 0.253 e. The summed E-state index contributed by atoms with van der Waals surface area (Å²) in [6, 6.07) is 7.21. The Kier molecular flexibility index (Phi) is 8.31. The molecule has 0 aliphatic carbocycles. The van der Waals surface area contributed by atoms with Crippen LogP contribution in [0.25, 0.3) is 0 Å². The largest absolute Gasteiger partial charge is 0.497 e. The number of hydrogen-bond donors (Lipinski definition) is 1. The lowest BCUT2D eigenvalue weighted by atomic mass is 10.1. The van der Waals surface area contributed by atoms with Crippen molar-refractivity contribution in [2.45, 2.75) is 25.7 Å². The van der Waals surface area contributed by atoms with Crippen LogP contribution in [0, 0.1) is 0 Å². The number of likely N-dealkylation sites (tertiary alicyclic amines) is 1. The number of nitrogens with one attached hydrogen (secondary N) is 1. The second-order valence-corrected chi connectivity index (χ2v) is 7.80. The monoisotopic (exact) mass is 402 g/mol. The lowest BCUT2D eigenvalue weighted by molar-refractivity contribution is -0.131. The smallest absolute Gasteiger partial charge is 0.253 e. The van der Waals surface area contributed by atoms with Gasteiger partial charge in [-0.05, 0) is 63.2 Å². The van der Waals surface area contributed by atoms with Crippen molar-refractivity contribution in [2.75, 3.05) is 66.0 Å². The molecule has 29 heavy (non-hydrogen) atoms. The van der Waals surface area contributed by atoms with Crippen LogP contribution in [-0.4, -0.2) is 92.5 Å². The van der Waals surface area contributed by atoms with Gasteiger partial charge in [-0.15, -0.1) is 0 Å². The predicted molar refractivity (Wildman–Crippen MR) is 113 cm³/mol. The molecule has 0 aromatic heterocycles. The Morgan fingerprint density at radius 2 is 1.72 bits per heavy atom. The fraction of sp³-hybridized carbons (Fsp3) is 0.636. The number of benzene rings is 1. The maximum absolute atomic E-state index is 13.1. The number of ether oxygens (including phenoxy) is 1. The number of methoxy groups -OCH3 is 1. The van der Waals surface area contributed by atoms with Gasteiger partial charge in [0.1, 0.15) is 5.75 Å². The van der Waals surface area contributed by atoms with Gasteiger partial charge in [-0.1, -0.05) is 0 Å². The van der Waals surface area contributed by atoms with E-state index in [9.17, 15) is 9.59 Å². The highest BCUT2D eigenvalue weighted by atomic mass is 16.5. The molecule has 2 aliphatic heterocycles. The van der Waals surface area contributed by atoms with Gasteiger partial charge < -0.3 is 24.8 Å². The molecular formula is C22H34N4O3. The molecule has 7 heteroatoms. The first-order valence-electron chi connectivity index (χ1n) is 10.8. The normalized spacial score (nSPS) is 17.3. The zero-order chi connectivity index (χ0) is 20.5. The first kappa shape index (κ1) is 21.6. The summed E-state index contributed by atoms with van der Waals surface area (Å²) in [5, 5.41) is 3.26. The number of hydrogen-bond acceptors (Lipinski definition) is 5. The molecule has 0 bridgehead atoms. The second-order valence-electron chi connectivity index (χ2n) is 7.80. The van der Waals surface area contributed by atoms with Gasteiger partial charge in [-0.3, -0.25) is 9.59 Å². The number of carbonyl (C=O) groups excluding carboxylic acids is 2. The standard InChI is InChI=1S/C22H34N4O3/c1-29-20-7-5-19(6-8-20)22(28)26(15-4-14-24-12-2-3-13-24)16-9-21(27)25-17-10-23-11-18-25/h5-8,23H,2-4,9-18H2,1H3. The minimum atomic E-state index is -0.0119. The van der Waals surface area contributed by atoms with Crippen molar-refractivity contribution in [2.24, 2.45) is 0 Å². The van der Waals surface area contributed by atoms with Crippen molar-refractivity contribution in [3.63, 3.8) is 0 Å². The van der Waals surface area contributed by atoms with Gasteiger partial charge in [-0.25, -0.2) is 0 Å². The number of nitrogens with zero attached hydrogens (tertiary/aromatic N) is 3. The van der Waals surface area contributed by atoms with Gasteiger partial charge in [0.05, 0.1) is 7.11 Å². The van der Waals surface area contributed by atoms with Crippen molar-refractivity contribution < 1.29 is 14.3 Å². The van der Waals surface area contributed by atoms with E-state index < -0.39 is 0 Å². The SMILES string of the molecule is COc1ccc(C(=O)N(CCCN2CCCC2)CCC(=O)N2CCNCC2)cc1. The van der Waals surface area contributed by atoms with E-state index in [0.717, 1.165) is 58.0 Å². The van der Waals surface area contributed by atoms with Gasteiger partial charge in [0, 0.05) is 51.3 Å². The molecule has 7 nitrogen and oxygen atoms in total. The van der Waals surface area contributed by atoms with Crippen molar-refractivity contribution in [3.05, 3.63) is 29.8 Å². The van der Waals surface area contributed by atoms with Crippen LogP contribution < -0.4 is 10.1 Å². The van der Waals surface area contributed by atoms with E-state index in [4.69, 9.17) is 4.74 Å². The van der Waals surface area contributed by atoms with Gasteiger partial charge in [-0.2, -0.15) is 0 Å². The summed E-state index contributed by atoms with van der Waals surface area (Å²) in [4.78, 5) is 31.9. The molecule has 2 fully saturated rings. The van der Waals surface area contributed by atoms with Crippen LogP contribution in [0.1, 0.15) is 36.0 Å². The summed E-state index contributed by atoms with van der Waals surface area (Å²) in [6.45, 7) is 7.66. The highest BCUT2D eigenvalue weighted by Crippen LogP contribution is 2.15. The van der Waals surface area contributed by atoms with E-state index in [1.807, 2.05) is 21.9 Å². The summed E-state index contributed by atoms with van der Waals surface area (Å²) in [6.07, 6.45) is 3.86. The van der Waals surface area contributed by atoms with E-state index in [1.54, 1.807) is 19.2 Å². The Balaban J connectivity index is 1.57. The molecular weight excluding hydrogens is 368 g/mol. The molecule has 160 valence electrons. The minimum absolute atomic E-state index is 0.0119. The van der Waals surface area contributed by atoms with Crippen LogP contribution in [0.5, 0.6) is 5.75 Å². The molecule has 2 amide bonds. The molecule has 0 saturated carbocycles. The molecule has 2 aliphatic rings.